The third-order valence-corrected chi connectivity index (χ3v) is 6.45. The Morgan fingerprint density at radius 2 is 0.233 bits per heavy atom. The molecule has 0 saturated carbocycles. The van der Waals surface area contributed by atoms with Gasteiger partial charge in [0.15, 0.2) is 0 Å². The van der Waals surface area contributed by atoms with E-state index in [1.54, 1.807) is 0 Å². The van der Waals surface area contributed by atoms with E-state index >= 15 is 0 Å². The summed E-state index contributed by atoms with van der Waals surface area (Å²) in [5, 5.41) is 0. The van der Waals surface area contributed by atoms with Gasteiger partial charge in [-0.05, 0) is 6.42 Å². The van der Waals surface area contributed by atoms with Crippen molar-refractivity contribution in [3.8, 4) is 0 Å². The van der Waals surface area contributed by atoms with Crippen LogP contribution in [-0.2, 0) is 0 Å². The molecule has 0 amide bonds. The van der Waals surface area contributed by atoms with Gasteiger partial charge < -0.3 is 0 Å². The summed E-state index contributed by atoms with van der Waals surface area (Å²) in [4.78, 5) is 0. The van der Waals surface area contributed by atoms with E-state index in [4.69, 9.17) is 5.84 Å². The lowest BCUT2D eigenvalue weighted by atomic mass is 10.5. The Morgan fingerprint density at radius 1 is 0.133 bits per heavy atom. The average molecular weight is 1340 g/mol. The molecule has 0 aromatic heterocycles. The summed E-state index contributed by atoms with van der Waals surface area (Å²) in [5.74, 6) is 4.96. The minimum atomic E-state index is 0.273. The Labute approximate surface area is 508 Å². The molecule has 0 bridgehead atoms. The molecule has 0 radical (unpaired) electrons. The first-order valence-electron chi connectivity index (χ1n) is 24.5. The third-order valence-electron chi connectivity index (χ3n) is 6.45. The molecule has 90 heavy (non-hydrogen) atoms. The number of hydrogen-bond donors (Lipinski definition) is 80. The fourth-order valence-corrected chi connectivity index (χ4v) is 3.28. The van der Waals surface area contributed by atoms with Crippen LogP contribution >= 0.6 is 0 Å². The molecule has 80 heteroatoms. The van der Waals surface area contributed by atoms with E-state index in [-0.39, 0.29) is 33.3 Å². The molecule has 0 aliphatic carbocycles. The van der Waals surface area contributed by atoms with Gasteiger partial charge in [0.25, 0.3) is 0 Å². The van der Waals surface area contributed by atoms with Gasteiger partial charge in [0.1, 0.15) is 0 Å². The smallest absolute Gasteiger partial charge is 0.0748 e. The lowest BCUT2D eigenvalue weighted by Crippen LogP contribution is -2.68. The van der Waals surface area contributed by atoms with E-state index in [1.165, 1.54) is 0 Å². The Hall–Kier alpha value is -3.20. The van der Waals surface area contributed by atoms with E-state index in [1.807, 2.05) is 0 Å². The van der Waals surface area contributed by atoms with Gasteiger partial charge in [0, 0.05) is 6.54 Å². The molecule has 0 spiro atoms. The van der Waals surface area contributed by atoms with Crippen molar-refractivity contribution in [3.63, 3.8) is 0 Å². The van der Waals surface area contributed by atoms with Crippen LogP contribution in [0.15, 0.2) is 0 Å². The Kier molecular flexibility index (Phi) is 82.7. The van der Waals surface area contributed by atoms with Gasteiger partial charge in [-0.1, -0.05) is 6.92 Å². The monoisotopic (exact) mass is 1340 g/mol. The maximum Gasteiger partial charge on any atom is 0.0748 e. The van der Waals surface area contributed by atoms with E-state index in [2.05, 4.69) is 443 Å². The SMILES string of the molecule is CCCNNNNNNNNNNCNNNNNNNNNNCNNNNNNNNNNCNNNNNNNNNNCNNNNNNNNNNCNNNNNNNNNNCNNNNNNNNNNCNNNNNNNNNN. The van der Waals surface area contributed by atoms with Crippen molar-refractivity contribution in [2.75, 3.05) is 53.2 Å². The summed E-state index contributed by atoms with van der Waals surface area (Å²) in [6.45, 7) is 4.90. The molecule has 542 valence electrons. The van der Waals surface area contributed by atoms with Crippen molar-refractivity contribution in [2.24, 2.45) is 5.84 Å². The van der Waals surface area contributed by atoms with E-state index < -0.39 is 0 Å². The first kappa shape index (κ1) is 86.8. The molecule has 0 atom stereocenters. The maximum absolute atomic E-state index is 4.96. The van der Waals surface area contributed by atoms with Crippen molar-refractivity contribution in [1.82, 2.24) is 436 Å². The predicted molar refractivity (Wildman–Crippen MR) is 301 cm³/mol. The van der Waals surface area contributed by atoms with Gasteiger partial charge in [-0.15, -0.1) is 0 Å². The van der Waals surface area contributed by atoms with Crippen LogP contribution in [0, 0.1) is 0 Å². The second kappa shape index (κ2) is 85.8. The first-order chi connectivity index (χ1) is 44.9. The molecule has 0 saturated heterocycles. The van der Waals surface area contributed by atoms with Crippen molar-refractivity contribution in [2.45, 2.75) is 13.3 Å². The van der Waals surface area contributed by atoms with Crippen LogP contribution in [0.1, 0.15) is 13.3 Å². The van der Waals surface area contributed by atoms with Crippen LogP contribution in [0.25, 0.3) is 0 Å². The predicted octanol–water partition coefficient (Wildman–Crippen LogP) is -38.5. The zero-order chi connectivity index (χ0) is 64.2. The highest BCUT2D eigenvalue weighted by Crippen LogP contribution is 1.62. The largest absolute Gasteiger partial charge is 0.257 e. The lowest BCUT2D eigenvalue weighted by Gasteiger charge is -2.16. The maximum atomic E-state index is 4.96. The first-order valence-corrected chi connectivity index (χ1v) is 24.5. The molecule has 0 unspecified atom stereocenters. The number of hydrazine groups is 72. The average Bonchev–Trinajstić information content (AvgIpc) is 3.55. The van der Waals surface area contributed by atoms with E-state index in [0.717, 1.165) is 13.0 Å². The lowest BCUT2D eigenvalue weighted by molar-refractivity contribution is 0.209. The number of hydrogen-bond acceptors (Lipinski definition) is 80. The molecular weight excluding hydrogens is 1240 g/mol. The van der Waals surface area contributed by atoms with Gasteiger partial charge in [-0.3, -0.25) is 5.84 Å². The fourth-order valence-electron chi connectivity index (χ4n) is 3.28. The highest BCUT2D eigenvalue weighted by atomic mass is 16.0. The van der Waals surface area contributed by atoms with Crippen LogP contribution in [0.4, 0.5) is 0 Å². The Bertz CT molecular complexity index is 1090. The minimum Gasteiger partial charge on any atom is -0.257 e. The van der Waals surface area contributed by atoms with Gasteiger partial charge in [-0.2, -0.15) is 354 Å². The molecule has 0 aliphatic rings. The second-order valence-corrected chi connectivity index (χ2v) is 12.7. The molecule has 0 aromatic rings. The summed E-state index contributed by atoms with van der Waals surface area (Å²) >= 11 is 0. The highest BCUT2D eigenvalue weighted by Gasteiger charge is 1.93. The summed E-state index contributed by atoms with van der Waals surface area (Å²) < 4.78 is 0. The molecule has 0 aromatic carbocycles. The quantitative estimate of drug-likeness (QED) is 0.0116. The topological polar surface area (TPSA) is 976 Å². The molecule has 0 aliphatic heterocycles. The Balaban J connectivity index is 3.08. The molecule has 80 nitrogen and oxygen atoms in total. The van der Waals surface area contributed by atoms with Crippen molar-refractivity contribution >= 4 is 0 Å². The zero-order valence-electron chi connectivity index (χ0n) is 47.4. The van der Waals surface area contributed by atoms with Gasteiger partial charge in [0.05, 0.1) is 46.7 Å². The normalized spacial score (nSPS) is 11.8. The number of nitrogens with two attached hydrogens (primary N) is 1. The minimum absolute atomic E-state index is 0.273. The van der Waals surface area contributed by atoms with Gasteiger partial charge in [-0.25, -0.2) is 81.4 Å². The van der Waals surface area contributed by atoms with E-state index in [9.17, 15) is 0 Å². The van der Waals surface area contributed by atoms with Gasteiger partial charge in [0.2, 0.25) is 0 Å². The third kappa shape index (κ3) is 84.8. The zero-order valence-corrected chi connectivity index (χ0v) is 47.4. The van der Waals surface area contributed by atoms with Crippen molar-refractivity contribution < 1.29 is 0 Å². The van der Waals surface area contributed by atoms with Crippen molar-refractivity contribution in [3.05, 3.63) is 0 Å². The summed E-state index contributed by atoms with van der Waals surface area (Å²) in [6, 6.07) is 0. The highest BCUT2D eigenvalue weighted by molar-refractivity contribution is 4.35. The number of nitrogens with one attached hydrogen (secondary N) is 79. The number of rotatable bonds is 87. The standard InChI is InChI=1S/C10H102N80/c1-2-3-12-28-44-60-77-78-62-46-30-15-5-16-32-48-64-81-82-66-50-34-19-7-20-36-52-68-85-86-70-54-38-23-9-24-40-56-72-89-90-74-58-42-26-10-25-41-57-73-88-87-71-55-39-22-8-21-37-53-69-84-83-67-51-35-18-6-17-33-49-65-80-79-63-47-31-14-4-13-29-45-61-76-75-59-43-27-11/h12-90H,2-11H2,1H3. The summed E-state index contributed by atoms with van der Waals surface area (Å²) in [7, 11) is 0. The molecule has 0 heterocycles. The molecule has 0 rings (SSSR count). The van der Waals surface area contributed by atoms with Crippen LogP contribution in [0.2, 0.25) is 0 Å². The van der Waals surface area contributed by atoms with Gasteiger partial charge >= 0.3 is 0 Å². The Morgan fingerprint density at radius 3 is 0.344 bits per heavy atom. The van der Waals surface area contributed by atoms with Crippen LogP contribution in [0.3, 0.4) is 0 Å². The molecule has 0 fully saturated rings. The molecule has 81 N–H and O–H groups in total. The van der Waals surface area contributed by atoms with Crippen LogP contribution in [-0.4, -0.2) is 53.2 Å². The van der Waals surface area contributed by atoms with Crippen LogP contribution < -0.4 is 441 Å². The van der Waals surface area contributed by atoms with E-state index in [0.29, 0.717) is 13.3 Å². The van der Waals surface area contributed by atoms with Crippen molar-refractivity contribution in [1.29, 1.82) is 0 Å². The van der Waals surface area contributed by atoms with Crippen LogP contribution in [0.5, 0.6) is 0 Å². The fraction of sp³-hybridized carbons (Fsp3) is 1.00. The summed E-state index contributed by atoms with van der Waals surface area (Å²) in [5.41, 5.74) is 206. The summed E-state index contributed by atoms with van der Waals surface area (Å²) in [6.07, 6.45) is 1.00. The molecular formula is C10H102N80. The second-order valence-electron chi connectivity index (χ2n) is 12.7.